The van der Waals surface area contributed by atoms with Crippen LogP contribution in [-0.4, -0.2) is 46.7 Å². The van der Waals surface area contributed by atoms with Crippen molar-refractivity contribution in [3.8, 4) is 11.1 Å². The zero-order valence-electron chi connectivity index (χ0n) is 27.7. The number of benzene rings is 4. The van der Waals surface area contributed by atoms with E-state index in [-0.39, 0.29) is 18.7 Å². The lowest BCUT2D eigenvalue weighted by atomic mass is 9.99. The number of aryl methyl sites for hydroxylation is 2. The fourth-order valence-electron chi connectivity index (χ4n) is 6.07. The van der Waals surface area contributed by atoms with E-state index in [0.717, 1.165) is 44.3 Å². The minimum atomic E-state index is -0.948. The summed E-state index contributed by atoms with van der Waals surface area (Å²) in [6, 6.07) is 31.0. The molecular weight excluding hydrogens is 631 g/mol. The molecule has 0 fully saturated rings. The zero-order valence-corrected chi connectivity index (χ0v) is 28.5. The summed E-state index contributed by atoms with van der Waals surface area (Å²) in [6.07, 6.45) is 2.35. The van der Waals surface area contributed by atoms with Crippen LogP contribution in [-0.2, 0) is 22.4 Å². The van der Waals surface area contributed by atoms with Gasteiger partial charge in [0.25, 0.3) is 11.8 Å². The lowest BCUT2D eigenvalue weighted by Gasteiger charge is -2.30. The Kier molecular flexibility index (Phi) is 10.2. The number of carbonyl (C=O) groups excluding carboxylic acids is 3. The van der Waals surface area contributed by atoms with Gasteiger partial charge in [0.05, 0.1) is 5.69 Å². The number of para-hydroxylation sites is 2. The second kappa shape index (κ2) is 15.0. The monoisotopic (exact) mass is 669 g/mol. The number of carbonyl (C=O) groups is 3. The second-order valence-electron chi connectivity index (χ2n) is 12.3. The molecule has 2 heterocycles. The van der Waals surface area contributed by atoms with Crippen LogP contribution in [0.4, 0.5) is 5.69 Å². The molecule has 6 rings (SSSR count). The highest BCUT2D eigenvalue weighted by Gasteiger charge is 2.32. The van der Waals surface area contributed by atoms with Crippen molar-refractivity contribution in [1.29, 1.82) is 0 Å². The van der Waals surface area contributed by atoms with Crippen molar-refractivity contribution < 1.29 is 14.4 Å². The molecule has 0 saturated carbocycles. The number of aromatic amines is 1. The highest BCUT2D eigenvalue weighted by atomic mass is 32.1. The number of likely N-dealkylation sites (N-methyl/N-ethyl adjacent to an activating group) is 1. The number of anilines is 1. The molecule has 0 unspecified atom stereocenters. The molecule has 0 aliphatic carbocycles. The third-order valence-electron chi connectivity index (χ3n) is 8.63. The Bertz CT molecular complexity index is 2040. The molecule has 2 aromatic heterocycles. The van der Waals surface area contributed by atoms with Crippen molar-refractivity contribution in [3.05, 3.63) is 148 Å². The van der Waals surface area contributed by atoms with Crippen LogP contribution in [0.2, 0.25) is 0 Å². The first-order chi connectivity index (χ1) is 23.7. The molecule has 248 valence electrons. The van der Waals surface area contributed by atoms with Gasteiger partial charge in [-0.05, 0) is 83.3 Å². The minimum absolute atomic E-state index is 0.231. The van der Waals surface area contributed by atoms with E-state index in [1.165, 1.54) is 4.90 Å². The number of hydrazine groups is 1. The van der Waals surface area contributed by atoms with E-state index in [4.69, 9.17) is 0 Å². The van der Waals surface area contributed by atoms with Crippen molar-refractivity contribution in [3.63, 3.8) is 0 Å². The predicted octanol–water partition coefficient (Wildman–Crippen LogP) is 7.07. The number of nitrogens with zero attached hydrogens (tertiary/aromatic N) is 1. The number of hydrogen-bond acceptors (Lipinski definition) is 5. The lowest BCUT2D eigenvalue weighted by Crippen LogP contribution is -2.56. The summed E-state index contributed by atoms with van der Waals surface area (Å²) in [5, 5.41) is 8.12. The van der Waals surface area contributed by atoms with Crippen LogP contribution in [0, 0.1) is 13.8 Å². The Morgan fingerprint density at radius 3 is 2.22 bits per heavy atom. The summed E-state index contributed by atoms with van der Waals surface area (Å²) in [5.74, 6) is -1.11. The number of thiophene rings is 1. The van der Waals surface area contributed by atoms with Crippen LogP contribution >= 0.6 is 11.3 Å². The summed E-state index contributed by atoms with van der Waals surface area (Å²) >= 11 is 1.64. The smallest absolute Gasteiger partial charge is 0.261 e. The van der Waals surface area contributed by atoms with Crippen molar-refractivity contribution in [1.82, 2.24) is 20.6 Å². The number of rotatable bonds is 12. The van der Waals surface area contributed by atoms with E-state index in [9.17, 15) is 14.4 Å². The molecule has 0 spiro atoms. The van der Waals surface area contributed by atoms with Crippen LogP contribution in [0.3, 0.4) is 0 Å². The Morgan fingerprint density at radius 2 is 1.51 bits per heavy atom. The third kappa shape index (κ3) is 8.08. The summed E-state index contributed by atoms with van der Waals surface area (Å²) < 4.78 is 0. The normalized spacial score (nSPS) is 12.2. The number of H-pyrrole nitrogens is 1. The molecule has 6 aromatic rings. The minimum Gasteiger partial charge on any atom is -0.361 e. The maximum atomic E-state index is 14.4. The first-order valence-electron chi connectivity index (χ1n) is 16.2. The van der Waals surface area contributed by atoms with Gasteiger partial charge in [0.1, 0.15) is 12.1 Å². The highest BCUT2D eigenvalue weighted by Crippen LogP contribution is 2.24. The van der Waals surface area contributed by atoms with Gasteiger partial charge in [-0.3, -0.25) is 25.2 Å². The summed E-state index contributed by atoms with van der Waals surface area (Å²) in [4.78, 5) is 46.8. The summed E-state index contributed by atoms with van der Waals surface area (Å²) in [7, 11) is 1.65. The Balaban J connectivity index is 1.29. The van der Waals surface area contributed by atoms with E-state index >= 15 is 0 Å². The average Bonchev–Trinajstić information content (AvgIpc) is 3.80. The number of nitrogens with one attached hydrogen (secondary N) is 4. The molecule has 0 aliphatic heterocycles. The van der Waals surface area contributed by atoms with Gasteiger partial charge >= 0.3 is 0 Å². The van der Waals surface area contributed by atoms with E-state index in [1.54, 1.807) is 18.4 Å². The number of amides is 3. The quantitative estimate of drug-likeness (QED) is 0.105. The third-order valence-corrected chi connectivity index (χ3v) is 9.32. The maximum Gasteiger partial charge on any atom is 0.261 e. The van der Waals surface area contributed by atoms with Crippen molar-refractivity contribution in [2.45, 2.75) is 38.8 Å². The fraction of sp³-hybridized carbons (Fsp3) is 0.175. The maximum absolute atomic E-state index is 14.4. The molecule has 9 heteroatoms. The molecule has 49 heavy (non-hydrogen) atoms. The molecule has 0 bridgehead atoms. The molecule has 8 nitrogen and oxygen atoms in total. The van der Waals surface area contributed by atoms with Gasteiger partial charge in [-0.1, -0.05) is 77.9 Å². The van der Waals surface area contributed by atoms with E-state index in [2.05, 4.69) is 32.6 Å². The number of hydrogen-bond donors (Lipinski definition) is 4. The number of aromatic nitrogens is 1. The van der Waals surface area contributed by atoms with Crippen LogP contribution in [0.1, 0.15) is 32.6 Å². The molecule has 0 aliphatic rings. The van der Waals surface area contributed by atoms with Crippen molar-refractivity contribution >= 4 is 45.6 Å². The van der Waals surface area contributed by atoms with Crippen molar-refractivity contribution in [2.75, 3.05) is 12.5 Å². The molecule has 2 atom stereocenters. The van der Waals surface area contributed by atoms with Crippen LogP contribution < -0.4 is 16.2 Å². The van der Waals surface area contributed by atoms with Gasteiger partial charge in [0.2, 0.25) is 5.91 Å². The fourth-order valence-corrected chi connectivity index (χ4v) is 6.74. The number of fused-ring (bicyclic) bond motifs is 1. The molecule has 4 N–H and O–H groups in total. The zero-order chi connectivity index (χ0) is 34.3. The standard InChI is InChI=1S/C40H39N5O3S/c1-26-19-27(2)21-31(20-26)40(48)45(3)37(22-28-13-15-29(16-14-28)30-17-18-49-25-30)39(47)42-36(38(46)44-43-33-9-5-4-6-10-33)23-32-24-41-35-12-8-7-11-34(32)35/h4-21,24-25,36-37,41,43H,22-23H2,1-3H3,(H,42,47)(H,44,46)/t36-,37+/m0/s1. The van der Waals surface area contributed by atoms with Gasteiger partial charge in [-0.2, -0.15) is 11.3 Å². The Morgan fingerprint density at radius 1 is 0.796 bits per heavy atom. The van der Waals surface area contributed by atoms with Gasteiger partial charge in [0, 0.05) is 42.6 Å². The Hall–Kier alpha value is -5.67. The van der Waals surface area contributed by atoms with Gasteiger partial charge < -0.3 is 15.2 Å². The SMILES string of the molecule is Cc1cc(C)cc(C(=O)N(C)[C@H](Cc2ccc(-c3ccsc3)cc2)C(=O)N[C@@H](Cc2c[nH]c3ccccc23)C(=O)NNc2ccccc2)c1. The molecule has 0 radical (unpaired) electrons. The van der Waals surface area contributed by atoms with Crippen LogP contribution in [0.5, 0.6) is 0 Å². The van der Waals surface area contributed by atoms with Crippen LogP contribution in [0.15, 0.2) is 120 Å². The average molecular weight is 670 g/mol. The Labute approximate surface area is 290 Å². The van der Waals surface area contributed by atoms with Gasteiger partial charge in [-0.25, -0.2) is 0 Å². The molecule has 4 aromatic carbocycles. The van der Waals surface area contributed by atoms with Gasteiger partial charge in [0.15, 0.2) is 0 Å². The lowest BCUT2D eigenvalue weighted by molar-refractivity contribution is -0.131. The first-order valence-corrected chi connectivity index (χ1v) is 17.1. The summed E-state index contributed by atoms with van der Waals surface area (Å²) in [5.41, 5.74) is 13.8. The highest BCUT2D eigenvalue weighted by molar-refractivity contribution is 7.08. The van der Waals surface area contributed by atoms with E-state index in [1.807, 2.05) is 122 Å². The topological polar surface area (TPSA) is 106 Å². The van der Waals surface area contributed by atoms with E-state index in [0.29, 0.717) is 11.3 Å². The van der Waals surface area contributed by atoms with Crippen molar-refractivity contribution in [2.24, 2.45) is 0 Å². The summed E-state index contributed by atoms with van der Waals surface area (Å²) in [6.45, 7) is 3.89. The van der Waals surface area contributed by atoms with Gasteiger partial charge in [-0.15, -0.1) is 0 Å². The van der Waals surface area contributed by atoms with Crippen LogP contribution in [0.25, 0.3) is 22.0 Å². The molecular formula is C40H39N5O3S. The molecule has 0 saturated heterocycles. The second-order valence-corrected chi connectivity index (χ2v) is 13.1. The predicted molar refractivity (Wildman–Crippen MR) is 197 cm³/mol. The molecule has 3 amide bonds. The first kappa shape index (κ1) is 33.2. The largest absolute Gasteiger partial charge is 0.361 e. The van der Waals surface area contributed by atoms with E-state index < -0.39 is 23.9 Å².